The van der Waals surface area contributed by atoms with Crippen LogP contribution < -0.4 is 0 Å². The zero-order valence-electron chi connectivity index (χ0n) is 21.8. The summed E-state index contributed by atoms with van der Waals surface area (Å²) in [5, 5.41) is 14.0. The molecule has 0 bridgehead atoms. The highest BCUT2D eigenvalue weighted by Crippen LogP contribution is 2.36. The Kier molecular flexibility index (Phi) is 6.36. The summed E-state index contributed by atoms with van der Waals surface area (Å²) in [4.78, 5) is 28.5. The number of benzene rings is 2. The van der Waals surface area contributed by atoms with E-state index in [0.29, 0.717) is 17.5 Å². The first kappa shape index (κ1) is 24.8. The molecular weight excluding hydrogens is 464 g/mol. The van der Waals surface area contributed by atoms with Crippen LogP contribution in [0, 0.1) is 18.3 Å². The molecule has 2 aliphatic rings. The third-order valence-corrected chi connectivity index (χ3v) is 7.01. The number of carbonyl (C=O) groups is 2. The SMILES string of the molecule is Cc1cc(-c2ccccc2C#N)ccc1C(=O)N(C1CC1)C1CCc2nn(C(=O)OC(C)(C)C)cc2C1. The predicted octanol–water partition coefficient (Wildman–Crippen LogP) is 5.68. The van der Waals surface area contributed by atoms with E-state index in [1.54, 1.807) is 12.3 Å². The lowest BCUT2D eigenvalue weighted by Crippen LogP contribution is -2.45. The van der Waals surface area contributed by atoms with Gasteiger partial charge >= 0.3 is 6.09 Å². The summed E-state index contributed by atoms with van der Waals surface area (Å²) in [6.07, 6.45) is 5.51. The van der Waals surface area contributed by atoms with Crippen molar-refractivity contribution in [3.63, 3.8) is 0 Å². The third-order valence-electron chi connectivity index (χ3n) is 7.01. The number of aromatic nitrogens is 2. The van der Waals surface area contributed by atoms with Gasteiger partial charge in [0.15, 0.2) is 0 Å². The average Bonchev–Trinajstić information content (AvgIpc) is 3.59. The molecule has 0 saturated heterocycles. The van der Waals surface area contributed by atoms with Crippen LogP contribution in [0.2, 0.25) is 0 Å². The molecule has 0 aliphatic heterocycles. The molecule has 1 aromatic heterocycles. The van der Waals surface area contributed by atoms with E-state index in [-0.39, 0.29) is 18.0 Å². The Morgan fingerprint density at radius 2 is 1.86 bits per heavy atom. The van der Waals surface area contributed by atoms with Crippen LogP contribution in [-0.2, 0) is 17.6 Å². The molecule has 3 aromatic rings. The average molecular weight is 497 g/mol. The number of hydrogen-bond acceptors (Lipinski definition) is 5. The minimum Gasteiger partial charge on any atom is -0.442 e. The monoisotopic (exact) mass is 496 g/mol. The van der Waals surface area contributed by atoms with Crippen molar-refractivity contribution in [3.8, 4) is 17.2 Å². The summed E-state index contributed by atoms with van der Waals surface area (Å²) in [6, 6.07) is 15.9. The van der Waals surface area contributed by atoms with E-state index in [1.165, 1.54) is 4.68 Å². The number of nitriles is 1. The third kappa shape index (κ3) is 5.15. The number of aryl methyl sites for hydroxylation is 2. The Hall–Kier alpha value is -3.92. The van der Waals surface area contributed by atoms with Gasteiger partial charge in [-0.25, -0.2) is 4.79 Å². The topological polar surface area (TPSA) is 88.2 Å². The number of fused-ring (bicyclic) bond motifs is 1. The smallest absolute Gasteiger partial charge is 0.435 e. The Morgan fingerprint density at radius 3 is 2.54 bits per heavy atom. The molecule has 0 N–H and O–H groups in total. The van der Waals surface area contributed by atoms with Crippen molar-refractivity contribution in [2.45, 2.75) is 77.5 Å². The fourth-order valence-corrected chi connectivity index (χ4v) is 5.15. The molecule has 7 heteroatoms. The normalized spacial score (nSPS) is 17.0. The fraction of sp³-hybridized carbons (Fsp3) is 0.400. The molecule has 1 heterocycles. The number of hydrogen-bond donors (Lipinski definition) is 0. The van der Waals surface area contributed by atoms with Gasteiger partial charge in [-0.2, -0.15) is 15.0 Å². The molecular formula is C30H32N4O3. The van der Waals surface area contributed by atoms with Crippen molar-refractivity contribution in [3.05, 3.63) is 76.6 Å². The fourth-order valence-electron chi connectivity index (χ4n) is 5.15. The van der Waals surface area contributed by atoms with Gasteiger partial charge in [-0.3, -0.25) is 4.79 Å². The van der Waals surface area contributed by atoms with Crippen LogP contribution in [0.3, 0.4) is 0 Å². The first-order valence-corrected chi connectivity index (χ1v) is 12.9. The lowest BCUT2D eigenvalue weighted by atomic mass is 9.91. The van der Waals surface area contributed by atoms with Gasteiger partial charge in [-0.05, 0) is 94.2 Å². The van der Waals surface area contributed by atoms with Crippen molar-refractivity contribution in [2.24, 2.45) is 0 Å². The van der Waals surface area contributed by atoms with Gasteiger partial charge in [-0.1, -0.05) is 30.3 Å². The van der Waals surface area contributed by atoms with Crippen LogP contribution in [0.4, 0.5) is 4.79 Å². The lowest BCUT2D eigenvalue weighted by Gasteiger charge is -2.34. The summed E-state index contributed by atoms with van der Waals surface area (Å²) in [7, 11) is 0. The lowest BCUT2D eigenvalue weighted by molar-refractivity contribution is 0.0513. The molecule has 0 spiro atoms. The molecule has 37 heavy (non-hydrogen) atoms. The first-order valence-electron chi connectivity index (χ1n) is 12.9. The minimum absolute atomic E-state index is 0.0492. The molecule has 190 valence electrons. The number of rotatable bonds is 4. The molecule has 1 fully saturated rings. The maximum absolute atomic E-state index is 13.9. The Balaban J connectivity index is 1.37. The van der Waals surface area contributed by atoms with Gasteiger partial charge < -0.3 is 9.64 Å². The van der Waals surface area contributed by atoms with Crippen LogP contribution in [0.15, 0.2) is 48.7 Å². The van der Waals surface area contributed by atoms with Gasteiger partial charge in [0.05, 0.1) is 17.3 Å². The summed E-state index contributed by atoms with van der Waals surface area (Å²) in [5.41, 5.74) is 5.32. The molecule has 2 aromatic carbocycles. The largest absolute Gasteiger partial charge is 0.442 e. The number of amides is 1. The highest BCUT2D eigenvalue weighted by Gasteiger charge is 2.40. The van der Waals surface area contributed by atoms with E-state index in [2.05, 4.69) is 16.1 Å². The van der Waals surface area contributed by atoms with E-state index in [9.17, 15) is 14.9 Å². The Bertz CT molecular complexity index is 1400. The van der Waals surface area contributed by atoms with Crippen LogP contribution in [0.25, 0.3) is 11.1 Å². The van der Waals surface area contributed by atoms with Crippen LogP contribution >= 0.6 is 0 Å². The first-order chi connectivity index (χ1) is 17.6. The van der Waals surface area contributed by atoms with Crippen LogP contribution in [0.5, 0.6) is 0 Å². The van der Waals surface area contributed by atoms with E-state index < -0.39 is 11.7 Å². The minimum atomic E-state index is -0.592. The van der Waals surface area contributed by atoms with Crippen molar-refractivity contribution < 1.29 is 14.3 Å². The van der Waals surface area contributed by atoms with Crippen molar-refractivity contribution >= 4 is 12.0 Å². The molecule has 1 amide bonds. The summed E-state index contributed by atoms with van der Waals surface area (Å²) >= 11 is 0. The van der Waals surface area contributed by atoms with Gasteiger partial charge in [0.1, 0.15) is 5.60 Å². The van der Waals surface area contributed by atoms with Gasteiger partial charge in [0.25, 0.3) is 5.91 Å². The zero-order valence-corrected chi connectivity index (χ0v) is 21.8. The second-order valence-electron chi connectivity index (χ2n) is 11.1. The molecule has 2 aliphatic carbocycles. The summed E-state index contributed by atoms with van der Waals surface area (Å²) in [5.74, 6) is 0.0492. The Labute approximate surface area is 217 Å². The Morgan fingerprint density at radius 1 is 1.11 bits per heavy atom. The number of nitrogens with zero attached hydrogens (tertiary/aromatic N) is 4. The quantitative estimate of drug-likeness (QED) is 0.464. The highest BCUT2D eigenvalue weighted by atomic mass is 16.6. The standard InChI is InChI=1S/C30H32N4O3/c1-19-15-20(26-8-6-5-7-21(26)17-31)9-13-25(19)28(35)34(23-10-11-23)24-12-14-27-22(16-24)18-33(32-27)29(36)37-30(2,3)4/h5-9,13,15,18,23-24H,10-12,14,16H2,1-4H3. The van der Waals surface area contributed by atoms with Gasteiger partial charge in [0.2, 0.25) is 0 Å². The van der Waals surface area contributed by atoms with Gasteiger partial charge in [-0.15, -0.1) is 0 Å². The van der Waals surface area contributed by atoms with Crippen LogP contribution in [-0.4, -0.2) is 44.4 Å². The second-order valence-corrected chi connectivity index (χ2v) is 11.1. The summed E-state index contributed by atoms with van der Waals surface area (Å²) in [6.45, 7) is 7.46. The summed E-state index contributed by atoms with van der Waals surface area (Å²) < 4.78 is 6.76. The maximum atomic E-state index is 13.9. The molecule has 5 rings (SSSR count). The van der Waals surface area contributed by atoms with E-state index in [4.69, 9.17) is 4.74 Å². The molecule has 1 atom stereocenters. The second kappa shape index (κ2) is 9.51. The van der Waals surface area contributed by atoms with Crippen molar-refractivity contribution in [2.75, 3.05) is 0 Å². The number of ether oxygens (including phenoxy) is 1. The molecule has 0 radical (unpaired) electrons. The van der Waals surface area contributed by atoms with Crippen molar-refractivity contribution in [1.82, 2.24) is 14.7 Å². The van der Waals surface area contributed by atoms with Gasteiger partial charge in [0, 0.05) is 23.8 Å². The molecule has 1 saturated carbocycles. The van der Waals surface area contributed by atoms with Crippen molar-refractivity contribution in [1.29, 1.82) is 5.26 Å². The highest BCUT2D eigenvalue weighted by molar-refractivity contribution is 5.97. The molecule has 1 unspecified atom stereocenters. The van der Waals surface area contributed by atoms with E-state index >= 15 is 0 Å². The van der Waals surface area contributed by atoms with Crippen LogP contribution in [0.1, 0.15) is 72.8 Å². The van der Waals surface area contributed by atoms with E-state index in [1.807, 2.05) is 64.1 Å². The maximum Gasteiger partial charge on any atom is 0.435 e. The predicted molar refractivity (Wildman–Crippen MR) is 140 cm³/mol. The zero-order chi connectivity index (χ0) is 26.3. The molecule has 7 nitrogen and oxygen atoms in total. The van der Waals surface area contributed by atoms with E-state index in [0.717, 1.165) is 53.6 Å². The number of carbonyl (C=O) groups excluding carboxylic acids is 2.